The molecule has 0 saturated heterocycles. The summed E-state index contributed by atoms with van der Waals surface area (Å²) in [6.45, 7) is 1.47. The number of anilines is 2. The predicted octanol–water partition coefficient (Wildman–Crippen LogP) is 2.02. The second-order valence-corrected chi connectivity index (χ2v) is 4.40. The number of rotatable bonds is 3. The highest BCUT2D eigenvalue weighted by Crippen LogP contribution is 2.32. The van der Waals surface area contributed by atoms with Gasteiger partial charge in [0.1, 0.15) is 0 Å². The van der Waals surface area contributed by atoms with E-state index in [0.717, 1.165) is 24.2 Å². The summed E-state index contributed by atoms with van der Waals surface area (Å²) in [6, 6.07) is 7.28. The predicted molar refractivity (Wildman–Crippen MR) is 66.9 cm³/mol. The Morgan fingerprint density at radius 3 is 2.29 bits per heavy atom. The summed E-state index contributed by atoms with van der Waals surface area (Å²) < 4.78 is 0. The van der Waals surface area contributed by atoms with Crippen molar-refractivity contribution in [3.05, 3.63) is 24.3 Å². The van der Waals surface area contributed by atoms with Crippen LogP contribution in [0.15, 0.2) is 24.3 Å². The van der Waals surface area contributed by atoms with Gasteiger partial charge >= 0.3 is 0 Å². The van der Waals surface area contributed by atoms with Gasteiger partial charge in [0.15, 0.2) is 0 Å². The second kappa shape index (κ2) is 4.57. The molecule has 1 aromatic rings. The van der Waals surface area contributed by atoms with E-state index >= 15 is 0 Å². The largest absolute Gasteiger partial charge is 0.326 e. The summed E-state index contributed by atoms with van der Waals surface area (Å²) >= 11 is 0. The van der Waals surface area contributed by atoms with E-state index in [1.54, 1.807) is 24.1 Å². The number of nitrogens with zero attached hydrogens (tertiary/aromatic N) is 1. The average molecular weight is 232 g/mol. The molecular formula is C13H16N2O2. The Balaban J connectivity index is 2.06. The van der Waals surface area contributed by atoms with Crippen molar-refractivity contribution in [2.24, 2.45) is 5.92 Å². The van der Waals surface area contributed by atoms with Crippen LogP contribution in [-0.4, -0.2) is 18.9 Å². The smallest absolute Gasteiger partial charge is 0.229 e. The van der Waals surface area contributed by atoms with E-state index in [0.29, 0.717) is 0 Å². The minimum Gasteiger partial charge on any atom is -0.326 e. The standard InChI is InChI=1S/C13H16N2O2/c1-9(16)14-11-5-7-12(8-6-11)15(2)13(17)10-3-4-10/h5-8,10H,3-4H2,1-2H3,(H,14,16). The van der Waals surface area contributed by atoms with Gasteiger partial charge in [-0.3, -0.25) is 9.59 Å². The SMILES string of the molecule is CC(=O)Nc1ccc(N(C)C(=O)C2CC2)cc1. The van der Waals surface area contributed by atoms with E-state index in [1.165, 1.54) is 6.92 Å². The lowest BCUT2D eigenvalue weighted by Gasteiger charge is -2.17. The van der Waals surface area contributed by atoms with Crippen LogP contribution >= 0.6 is 0 Å². The van der Waals surface area contributed by atoms with Crippen LogP contribution in [0.25, 0.3) is 0 Å². The van der Waals surface area contributed by atoms with E-state index in [1.807, 2.05) is 12.1 Å². The van der Waals surface area contributed by atoms with Crippen molar-refractivity contribution in [2.75, 3.05) is 17.3 Å². The average Bonchev–Trinajstić information content (AvgIpc) is 3.11. The Morgan fingerprint density at radius 2 is 1.82 bits per heavy atom. The van der Waals surface area contributed by atoms with E-state index in [4.69, 9.17) is 0 Å². The summed E-state index contributed by atoms with van der Waals surface area (Å²) in [5.41, 5.74) is 1.60. The van der Waals surface area contributed by atoms with Crippen molar-refractivity contribution in [1.82, 2.24) is 0 Å². The summed E-state index contributed by atoms with van der Waals surface area (Å²) in [4.78, 5) is 24.4. The third-order valence-electron chi connectivity index (χ3n) is 2.83. The summed E-state index contributed by atoms with van der Waals surface area (Å²) in [6.07, 6.45) is 2.01. The number of hydrogen-bond acceptors (Lipinski definition) is 2. The van der Waals surface area contributed by atoms with Gasteiger partial charge in [0.05, 0.1) is 0 Å². The Kier molecular flexibility index (Phi) is 3.13. The molecule has 0 aromatic heterocycles. The van der Waals surface area contributed by atoms with Gasteiger partial charge in [-0.15, -0.1) is 0 Å². The molecule has 0 atom stereocenters. The highest BCUT2D eigenvalue weighted by molar-refractivity contribution is 5.96. The lowest BCUT2D eigenvalue weighted by atomic mass is 10.2. The third-order valence-corrected chi connectivity index (χ3v) is 2.83. The zero-order valence-electron chi connectivity index (χ0n) is 10.1. The van der Waals surface area contributed by atoms with Crippen LogP contribution in [0.1, 0.15) is 19.8 Å². The Morgan fingerprint density at radius 1 is 1.24 bits per heavy atom. The molecule has 1 N–H and O–H groups in total. The molecule has 4 heteroatoms. The van der Waals surface area contributed by atoms with E-state index in [2.05, 4.69) is 5.32 Å². The first kappa shape index (κ1) is 11.6. The Hall–Kier alpha value is -1.84. The number of carbonyl (C=O) groups excluding carboxylic acids is 2. The van der Waals surface area contributed by atoms with Gasteiger partial charge < -0.3 is 10.2 Å². The maximum Gasteiger partial charge on any atom is 0.229 e. The van der Waals surface area contributed by atoms with Gasteiger partial charge in [-0.1, -0.05) is 0 Å². The van der Waals surface area contributed by atoms with Gasteiger partial charge in [-0.2, -0.15) is 0 Å². The third kappa shape index (κ3) is 2.84. The van der Waals surface area contributed by atoms with Crippen LogP contribution in [-0.2, 0) is 9.59 Å². The van der Waals surface area contributed by atoms with Gasteiger partial charge in [0.25, 0.3) is 0 Å². The topological polar surface area (TPSA) is 49.4 Å². The van der Waals surface area contributed by atoms with Crippen molar-refractivity contribution in [3.8, 4) is 0 Å². The van der Waals surface area contributed by atoms with Crippen molar-refractivity contribution in [2.45, 2.75) is 19.8 Å². The summed E-state index contributed by atoms with van der Waals surface area (Å²) in [7, 11) is 1.79. The minimum atomic E-state index is -0.0971. The van der Waals surface area contributed by atoms with Crippen LogP contribution in [0, 0.1) is 5.92 Å². The lowest BCUT2D eigenvalue weighted by molar-refractivity contribution is -0.119. The number of nitrogens with one attached hydrogen (secondary N) is 1. The van der Waals surface area contributed by atoms with Crippen molar-refractivity contribution in [3.63, 3.8) is 0 Å². The summed E-state index contributed by atoms with van der Waals surface area (Å²) in [5, 5.41) is 2.69. The molecule has 0 unspecified atom stereocenters. The van der Waals surface area contributed by atoms with Crippen molar-refractivity contribution >= 4 is 23.2 Å². The molecule has 0 radical (unpaired) electrons. The number of carbonyl (C=O) groups is 2. The quantitative estimate of drug-likeness (QED) is 0.866. The maximum atomic E-state index is 11.8. The lowest BCUT2D eigenvalue weighted by Crippen LogP contribution is -2.27. The maximum absolute atomic E-state index is 11.8. The van der Waals surface area contributed by atoms with Gasteiger partial charge in [0.2, 0.25) is 11.8 Å². The van der Waals surface area contributed by atoms with Crippen LogP contribution in [0.5, 0.6) is 0 Å². The molecule has 0 aliphatic heterocycles. The molecule has 2 rings (SSSR count). The Bertz CT molecular complexity index is 435. The molecule has 1 aromatic carbocycles. The molecule has 17 heavy (non-hydrogen) atoms. The van der Waals surface area contributed by atoms with Crippen LogP contribution in [0.3, 0.4) is 0 Å². The van der Waals surface area contributed by atoms with E-state index in [9.17, 15) is 9.59 Å². The van der Waals surface area contributed by atoms with Crippen LogP contribution in [0.4, 0.5) is 11.4 Å². The number of hydrogen-bond donors (Lipinski definition) is 1. The number of benzene rings is 1. The summed E-state index contributed by atoms with van der Waals surface area (Å²) in [5.74, 6) is 0.299. The Labute approximate surface area is 101 Å². The molecule has 4 nitrogen and oxygen atoms in total. The second-order valence-electron chi connectivity index (χ2n) is 4.40. The fourth-order valence-corrected chi connectivity index (χ4v) is 1.70. The van der Waals surface area contributed by atoms with Gasteiger partial charge in [-0.25, -0.2) is 0 Å². The highest BCUT2D eigenvalue weighted by Gasteiger charge is 2.32. The first-order valence-electron chi connectivity index (χ1n) is 5.73. The molecule has 1 aliphatic rings. The molecule has 1 aliphatic carbocycles. The monoisotopic (exact) mass is 232 g/mol. The first-order chi connectivity index (χ1) is 8.08. The normalized spacial score (nSPS) is 14.2. The van der Waals surface area contributed by atoms with Gasteiger partial charge in [0, 0.05) is 31.3 Å². The van der Waals surface area contributed by atoms with E-state index in [-0.39, 0.29) is 17.7 Å². The highest BCUT2D eigenvalue weighted by atomic mass is 16.2. The van der Waals surface area contributed by atoms with E-state index < -0.39 is 0 Å². The fourth-order valence-electron chi connectivity index (χ4n) is 1.70. The van der Waals surface area contributed by atoms with Crippen LogP contribution in [0.2, 0.25) is 0 Å². The molecule has 2 amide bonds. The first-order valence-corrected chi connectivity index (χ1v) is 5.73. The molecule has 0 spiro atoms. The molecule has 0 bridgehead atoms. The number of amides is 2. The minimum absolute atomic E-state index is 0.0971. The van der Waals surface area contributed by atoms with Crippen molar-refractivity contribution < 1.29 is 9.59 Å². The molecular weight excluding hydrogens is 216 g/mol. The fraction of sp³-hybridized carbons (Fsp3) is 0.385. The molecule has 0 heterocycles. The molecule has 1 fully saturated rings. The molecule has 90 valence electrons. The van der Waals surface area contributed by atoms with Crippen LogP contribution < -0.4 is 10.2 Å². The van der Waals surface area contributed by atoms with Gasteiger partial charge in [-0.05, 0) is 37.1 Å². The molecule has 1 saturated carbocycles. The zero-order chi connectivity index (χ0) is 12.4. The zero-order valence-corrected chi connectivity index (χ0v) is 10.1. The van der Waals surface area contributed by atoms with Crippen molar-refractivity contribution in [1.29, 1.82) is 0 Å².